The van der Waals surface area contributed by atoms with Crippen LogP contribution >= 0.6 is 11.6 Å². The SMILES string of the molecule is O=S(=O)([O-])C(Cl)CO.[Na+]. The molecule has 0 radical (unpaired) electrons. The van der Waals surface area contributed by atoms with Crippen LogP contribution in [-0.2, 0) is 10.1 Å². The molecular weight excluding hydrogens is 179 g/mol. The number of aliphatic hydroxyl groups excluding tert-OH is 1. The Balaban J connectivity index is 0. The molecular formula is C2H4ClNaO4S. The molecule has 0 aromatic rings. The van der Waals surface area contributed by atoms with Crippen LogP contribution in [0, 0.1) is 0 Å². The molecule has 0 aromatic carbocycles. The molecule has 9 heavy (non-hydrogen) atoms. The summed E-state index contributed by atoms with van der Waals surface area (Å²) in [5.41, 5.74) is 0. The minimum atomic E-state index is -4.49. The van der Waals surface area contributed by atoms with Gasteiger partial charge in [-0.3, -0.25) is 0 Å². The van der Waals surface area contributed by atoms with E-state index in [1.165, 1.54) is 0 Å². The Morgan fingerprint density at radius 2 is 2.00 bits per heavy atom. The Morgan fingerprint density at radius 3 is 2.00 bits per heavy atom. The van der Waals surface area contributed by atoms with Gasteiger partial charge >= 0.3 is 29.6 Å². The fourth-order valence-electron chi connectivity index (χ4n) is 0.0913. The van der Waals surface area contributed by atoms with Crippen LogP contribution < -0.4 is 29.6 Å². The molecule has 1 N–H and O–H groups in total. The van der Waals surface area contributed by atoms with Crippen LogP contribution in [0.3, 0.4) is 0 Å². The summed E-state index contributed by atoms with van der Waals surface area (Å²) in [4.78, 5) is 0. The summed E-state index contributed by atoms with van der Waals surface area (Å²) < 4.78 is 27.4. The summed E-state index contributed by atoms with van der Waals surface area (Å²) in [5, 5.41) is 7.96. The van der Waals surface area contributed by atoms with Gasteiger partial charge in [-0.25, -0.2) is 8.42 Å². The molecule has 1 unspecified atom stereocenters. The van der Waals surface area contributed by atoms with Crippen molar-refractivity contribution in [1.82, 2.24) is 0 Å². The summed E-state index contributed by atoms with van der Waals surface area (Å²) in [6.45, 7) is -0.840. The van der Waals surface area contributed by atoms with Gasteiger partial charge in [0.05, 0.1) is 6.61 Å². The van der Waals surface area contributed by atoms with E-state index in [9.17, 15) is 13.0 Å². The third-order valence-corrected chi connectivity index (χ3v) is 2.02. The first kappa shape index (κ1) is 12.8. The van der Waals surface area contributed by atoms with Crippen LogP contribution in [0.4, 0.5) is 0 Å². The maximum atomic E-state index is 9.71. The van der Waals surface area contributed by atoms with Gasteiger partial charge in [-0.05, 0) is 0 Å². The average molecular weight is 183 g/mol. The third kappa shape index (κ3) is 5.60. The molecule has 0 aliphatic carbocycles. The van der Waals surface area contributed by atoms with Crippen LogP contribution in [0.2, 0.25) is 0 Å². The summed E-state index contributed by atoms with van der Waals surface area (Å²) in [6.07, 6.45) is 0. The van der Waals surface area contributed by atoms with Crippen molar-refractivity contribution in [3.63, 3.8) is 0 Å². The molecule has 0 rings (SSSR count). The van der Waals surface area contributed by atoms with E-state index >= 15 is 0 Å². The average Bonchev–Trinajstić information content (AvgIpc) is 1.62. The number of alkyl halides is 1. The molecule has 0 fully saturated rings. The fraction of sp³-hybridized carbons (Fsp3) is 1.00. The largest absolute Gasteiger partial charge is 1.00 e. The molecule has 4 nitrogen and oxygen atoms in total. The third-order valence-electron chi connectivity index (χ3n) is 0.457. The number of hydrogen-bond acceptors (Lipinski definition) is 4. The Labute approximate surface area is 80.2 Å². The molecule has 50 valence electrons. The van der Waals surface area contributed by atoms with E-state index in [0.717, 1.165) is 0 Å². The summed E-state index contributed by atoms with van der Waals surface area (Å²) >= 11 is 4.79. The van der Waals surface area contributed by atoms with E-state index in [-0.39, 0.29) is 29.6 Å². The smallest absolute Gasteiger partial charge is 0.747 e. The first-order valence-corrected chi connectivity index (χ1v) is 3.59. The van der Waals surface area contributed by atoms with Crippen molar-refractivity contribution < 1.29 is 47.6 Å². The maximum absolute atomic E-state index is 9.71. The van der Waals surface area contributed by atoms with E-state index in [1.807, 2.05) is 0 Å². The predicted molar refractivity (Wildman–Crippen MR) is 26.4 cm³/mol. The van der Waals surface area contributed by atoms with Crippen molar-refractivity contribution >= 4 is 21.7 Å². The Kier molecular flexibility index (Phi) is 6.97. The van der Waals surface area contributed by atoms with Crippen molar-refractivity contribution in [2.75, 3.05) is 6.61 Å². The molecule has 7 heteroatoms. The monoisotopic (exact) mass is 182 g/mol. The van der Waals surface area contributed by atoms with Crippen molar-refractivity contribution in [3.8, 4) is 0 Å². The van der Waals surface area contributed by atoms with E-state index in [0.29, 0.717) is 0 Å². The molecule has 0 saturated heterocycles. The van der Waals surface area contributed by atoms with Gasteiger partial charge in [0.2, 0.25) is 0 Å². The second kappa shape index (κ2) is 4.90. The molecule has 0 aliphatic heterocycles. The zero-order chi connectivity index (χ0) is 6.78. The molecule has 0 saturated carbocycles. The normalized spacial score (nSPS) is 14.1. The minimum Gasteiger partial charge on any atom is -0.747 e. The van der Waals surface area contributed by atoms with Crippen LogP contribution in [0.5, 0.6) is 0 Å². The van der Waals surface area contributed by atoms with Crippen molar-refractivity contribution in [2.45, 2.75) is 4.71 Å². The van der Waals surface area contributed by atoms with Gasteiger partial charge < -0.3 is 9.66 Å². The van der Waals surface area contributed by atoms with Crippen molar-refractivity contribution in [2.24, 2.45) is 0 Å². The van der Waals surface area contributed by atoms with E-state index in [4.69, 9.17) is 16.7 Å². The van der Waals surface area contributed by atoms with E-state index in [2.05, 4.69) is 0 Å². The molecule has 0 aromatic heterocycles. The van der Waals surface area contributed by atoms with Crippen LogP contribution in [0.15, 0.2) is 0 Å². The number of halogens is 1. The van der Waals surface area contributed by atoms with Crippen LogP contribution in [0.25, 0.3) is 0 Å². The zero-order valence-corrected chi connectivity index (χ0v) is 8.32. The van der Waals surface area contributed by atoms with Crippen LogP contribution in [0.1, 0.15) is 0 Å². The fourth-order valence-corrected chi connectivity index (χ4v) is 0.274. The van der Waals surface area contributed by atoms with E-state index in [1.54, 1.807) is 0 Å². The zero-order valence-electron chi connectivity index (χ0n) is 4.74. The van der Waals surface area contributed by atoms with Gasteiger partial charge in [-0.15, -0.1) is 11.6 Å². The van der Waals surface area contributed by atoms with Gasteiger partial charge in [0, 0.05) is 0 Å². The number of hydrogen-bond donors (Lipinski definition) is 1. The minimum absolute atomic E-state index is 0. The standard InChI is InChI=1S/C2H5ClO4S.Na/c3-2(1-4)8(5,6)7;/h2,4H,1H2,(H,5,6,7);/q;+1/p-1. The molecule has 0 heterocycles. The summed E-state index contributed by atoms with van der Waals surface area (Å²) in [5.74, 6) is 0. The van der Waals surface area contributed by atoms with Crippen molar-refractivity contribution in [3.05, 3.63) is 0 Å². The Morgan fingerprint density at radius 1 is 1.67 bits per heavy atom. The number of aliphatic hydroxyl groups is 1. The molecule has 0 spiro atoms. The van der Waals surface area contributed by atoms with E-state index < -0.39 is 21.4 Å². The molecule has 0 aliphatic rings. The predicted octanol–water partition coefficient (Wildman–Crippen LogP) is -3.91. The van der Waals surface area contributed by atoms with Gasteiger partial charge in [0.1, 0.15) is 14.8 Å². The second-order valence-corrected chi connectivity index (χ2v) is 3.43. The maximum Gasteiger partial charge on any atom is 1.00 e. The van der Waals surface area contributed by atoms with Gasteiger partial charge in [-0.1, -0.05) is 0 Å². The second-order valence-electron chi connectivity index (χ2n) is 1.09. The summed E-state index contributed by atoms with van der Waals surface area (Å²) in [7, 11) is -4.49. The van der Waals surface area contributed by atoms with Gasteiger partial charge in [-0.2, -0.15) is 0 Å². The van der Waals surface area contributed by atoms with Gasteiger partial charge in [0.25, 0.3) is 0 Å². The first-order valence-electron chi connectivity index (χ1n) is 1.68. The van der Waals surface area contributed by atoms with Gasteiger partial charge in [0.15, 0.2) is 0 Å². The summed E-state index contributed by atoms with van der Waals surface area (Å²) in [6, 6.07) is 0. The molecule has 1 atom stereocenters. The van der Waals surface area contributed by atoms with Crippen LogP contribution in [-0.4, -0.2) is 29.4 Å². The Hall–Kier alpha value is 1.16. The first-order chi connectivity index (χ1) is 3.48. The quantitative estimate of drug-likeness (QED) is 0.269. The molecule has 0 amide bonds. The molecule has 0 bridgehead atoms. The van der Waals surface area contributed by atoms with Crippen molar-refractivity contribution in [1.29, 1.82) is 0 Å². The Bertz CT molecular complexity index is 154. The topological polar surface area (TPSA) is 77.4 Å². The number of rotatable bonds is 2.